The van der Waals surface area contributed by atoms with Gasteiger partial charge in [-0.25, -0.2) is 0 Å². The van der Waals surface area contributed by atoms with Crippen molar-refractivity contribution in [3.05, 3.63) is 54.6 Å². The zero-order valence-corrected chi connectivity index (χ0v) is 15.4. The van der Waals surface area contributed by atoms with Gasteiger partial charge in [0.15, 0.2) is 0 Å². The van der Waals surface area contributed by atoms with E-state index in [9.17, 15) is 5.11 Å². The van der Waals surface area contributed by atoms with Crippen LogP contribution in [0.25, 0.3) is 0 Å². The Hall–Kier alpha value is -1.58. The van der Waals surface area contributed by atoms with Crippen LogP contribution in [0.4, 0.5) is 0 Å². The third-order valence-corrected chi connectivity index (χ3v) is 5.55. The maximum Gasteiger partial charge on any atom is 0.119 e. The lowest BCUT2D eigenvalue weighted by atomic mass is 9.61. The summed E-state index contributed by atoms with van der Waals surface area (Å²) in [7, 11) is 0. The zero-order valence-electron chi connectivity index (χ0n) is 15.4. The number of allylic oxidation sites excluding steroid dienone is 2. The van der Waals surface area contributed by atoms with E-state index in [0.717, 1.165) is 31.4 Å². The standard InChI is InChI=1S/C22H32O3/c1-4-11-22(16-24)12-10-20(17(2)3)21(15-22)18-6-8-19(9-7-18)25-14-5-13-23/h4,6-9,20-21,23-24H,1-2,5,10-16H2,3H3/t20-,21-,22-/m0/s1. The second-order valence-electron chi connectivity index (χ2n) is 7.45. The van der Waals surface area contributed by atoms with Gasteiger partial charge >= 0.3 is 0 Å². The van der Waals surface area contributed by atoms with E-state index in [4.69, 9.17) is 9.84 Å². The average Bonchev–Trinajstić information content (AvgIpc) is 2.62. The molecule has 0 bridgehead atoms. The molecule has 0 unspecified atom stereocenters. The van der Waals surface area contributed by atoms with Crippen molar-refractivity contribution < 1.29 is 14.9 Å². The number of aliphatic hydroxyl groups is 2. The largest absolute Gasteiger partial charge is 0.494 e. The number of ether oxygens (including phenoxy) is 1. The van der Waals surface area contributed by atoms with E-state index in [1.807, 2.05) is 18.2 Å². The maximum absolute atomic E-state index is 10.0. The molecule has 1 aromatic rings. The SMILES string of the molecule is C=CC[C@]1(CO)CC[C@@H](C(=C)C)[C@H](c2ccc(OCCCO)cc2)C1. The summed E-state index contributed by atoms with van der Waals surface area (Å²) in [5.41, 5.74) is 2.44. The van der Waals surface area contributed by atoms with Crippen molar-refractivity contribution in [1.29, 1.82) is 0 Å². The van der Waals surface area contributed by atoms with Crippen LogP contribution in [0.5, 0.6) is 5.75 Å². The number of benzene rings is 1. The molecule has 2 rings (SSSR count). The van der Waals surface area contributed by atoms with Gasteiger partial charge in [0.25, 0.3) is 0 Å². The Labute approximate surface area is 152 Å². The molecule has 3 heteroatoms. The minimum Gasteiger partial charge on any atom is -0.494 e. The van der Waals surface area contributed by atoms with Crippen LogP contribution in [0, 0.1) is 11.3 Å². The minimum atomic E-state index is -0.0608. The van der Waals surface area contributed by atoms with Crippen molar-refractivity contribution in [2.24, 2.45) is 11.3 Å². The number of rotatable bonds is 9. The number of hydrogen-bond acceptors (Lipinski definition) is 3. The van der Waals surface area contributed by atoms with E-state index in [-0.39, 0.29) is 18.6 Å². The Morgan fingerprint density at radius 2 is 2.04 bits per heavy atom. The summed E-state index contributed by atoms with van der Waals surface area (Å²) in [6, 6.07) is 8.28. The van der Waals surface area contributed by atoms with E-state index in [2.05, 4.69) is 32.2 Å². The van der Waals surface area contributed by atoms with Crippen LogP contribution in [-0.4, -0.2) is 30.0 Å². The second-order valence-corrected chi connectivity index (χ2v) is 7.45. The summed E-state index contributed by atoms with van der Waals surface area (Å²) in [6.07, 6.45) is 6.47. The highest BCUT2D eigenvalue weighted by Gasteiger charge is 2.40. The summed E-state index contributed by atoms with van der Waals surface area (Å²) in [4.78, 5) is 0. The van der Waals surface area contributed by atoms with Crippen LogP contribution in [0.15, 0.2) is 49.1 Å². The van der Waals surface area contributed by atoms with Gasteiger partial charge in [0, 0.05) is 19.6 Å². The third-order valence-electron chi connectivity index (χ3n) is 5.55. The smallest absolute Gasteiger partial charge is 0.119 e. The van der Waals surface area contributed by atoms with Crippen molar-refractivity contribution >= 4 is 0 Å². The first kappa shape index (κ1) is 19.7. The molecule has 0 heterocycles. The van der Waals surface area contributed by atoms with Crippen molar-refractivity contribution in [3.8, 4) is 5.75 Å². The Morgan fingerprint density at radius 3 is 2.60 bits per heavy atom. The molecule has 3 atom stereocenters. The van der Waals surface area contributed by atoms with E-state index in [1.54, 1.807) is 0 Å². The number of aliphatic hydroxyl groups excluding tert-OH is 2. The zero-order chi connectivity index (χ0) is 18.3. The van der Waals surface area contributed by atoms with Gasteiger partial charge in [-0.3, -0.25) is 0 Å². The van der Waals surface area contributed by atoms with Crippen molar-refractivity contribution in [3.63, 3.8) is 0 Å². The summed E-state index contributed by atoms with van der Waals surface area (Å²) >= 11 is 0. The Morgan fingerprint density at radius 1 is 1.32 bits per heavy atom. The number of hydrogen-bond donors (Lipinski definition) is 2. The van der Waals surface area contributed by atoms with Crippen molar-refractivity contribution in [2.45, 2.75) is 44.9 Å². The molecule has 3 nitrogen and oxygen atoms in total. The van der Waals surface area contributed by atoms with Gasteiger partial charge in [-0.1, -0.05) is 30.4 Å². The summed E-state index contributed by atoms with van der Waals surface area (Å²) in [5.74, 6) is 1.65. The Balaban J connectivity index is 2.18. The molecular formula is C22H32O3. The molecule has 0 spiro atoms. The lowest BCUT2D eigenvalue weighted by Crippen LogP contribution is -2.35. The van der Waals surface area contributed by atoms with Crippen LogP contribution in [0.1, 0.15) is 50.5 Å². The van der Waals surface area contributed by atoms with E-state index >= 15 is 0 Å². The molecular weight excluding hydrogens is 312 g/mol. The van der Waals surface area contributed by atoms with Crippen molar-refractivity contribution in [2.75, 3.05) is 19.8 Å². The molecule has 1 saturated carbocycles. The van der Waals surface area contributed by atoms with Gasteiger partial charge in [0.2, 0.25) is 0 Å². The monoisotopic (exact) mass is 344 g/mol. The molecule has 1 fully saturated rings. The second kappa shape index (κ2) is 9.21. The highest BCUT2D eigenvalue weighted by atomic mass is 16.5. The predicted molar refractivity (Wildman–Crippen MR) is 103 cm³/mol. The molecule has 0 amide bonds. The van der Waals surface area contributed by atoms with Crippen molar-refractivity contribution in [1.82, 2.24) is 0 Å². The van der Waals surface area contributed by atoms with Gasteiger partial charge in [0.05, 0.1) is 6.61 Å². The summed E-state index contributed by atoms with van der Waals surface area (Å²) in [5, 5.41) is 18.9. The van der Waals surface area contributed by atoms with E-state index in [0.29, 0.717) is 24.9 Å². The summed E-state index contributed by atoms with van der Waals surface area (Å²) in [6.45, 7) is 11.1. The fraction of sp³-hybridized carbons (Fsp3) is 0.545. The lowest BCUT2D eigenvalue weighted by molar-refractivity contribution is 0.0604. The van der Waals surface area contributed by atoms with Gasteiger partial charge in [-0.05, 0) is 67.6 Å². The van der Waals surface area contributed by atoms with Crippen LogP contribution in [-0.2, 0) is 0 Å². The topological polar surface area (TPSA) is 49.7 Å². The van der Waals surface area contributed by atoms with Crippen LogP contribution < -0.4 is 4.74 Å². The minimum absolute atomic E-state index is 0.0608. The van der Waals surface area contributed by atoms with E-state index in [1.165, 1.54) is 11.1 Å². The quantitative estimate of drug-likeness (QED) is 0.513. The van der Waals surface area contributed by atoms with Gasteiger partial charge in [-0.2, -0.15) is 0 Å². The molecule has 138 valence electrons. The molecule has 2 N–H and O–H groups in total. The molecule has 25 heavy (non-hydrogen) atoms. The Bertz CT molecular complexity index is 563. The first-order valence-corrected chi connectivity index (χ1v) is 9.26. The highest BCUT2D eigenvalue weighted by Crippen LogP contribution is 2.50. The molecule has 0 radical (unpaired) electrons. The van der Waals surface area contributed by atoms with Crippen LogP contribution in [0.3, 0.4) is 0 Å². The molecule has 0 aromatic heterocycles. The highest BCUT2D eigenvalue weighted by molar-refractivity contribution is 5.32. The maximum atomic E-state index is 10.0. The first-order valence-electron chi connectivity index (χ1n) is 9.26. The molecule has 0 aliphatic heterocycles. The fourth-order valence-electron chi connectivity index (χ4n) is 4.08. The van der Waals surface area contributed by atoms with Crippen LogP contribution >= 0.6 is 0 Å². The third kappa shape index (κ3) is 4.96. The van der Waals surface area contributed by atoms with Gasteiger partial charge in [-0.15, -0.1) is 6.58 Å². The molecule has 1 aromatic carbocycles. The average molecular weight is 344 g/mol. The van der Waals surface area contributed by atoms with E-state index < -0.39 is 0 Å². The lowest BCUT2D eigenvalue weighted by Gasteiger charge is -2.44. The van der Waals surface area contributed by atoms with Crippen LogP contribution in [0.2, 0.25) is 0 Å². The van der Waals surface area contributed by atoms with Gasteiger partial charge < -0.3 is 14.9 Å². The predicted octanol–water partition coefficient (Wildman–Crippen LogP) is 4.46. The molecule has 1 aliphatic rings. The molecule has 1 aliphatic carbocycles. The first-order chi connectivity index (χ1) is 12.0. The Kier molecular flexibility index (Phi) is 7.27. The fourth-order valence-corrected chi connectivity index (χ4v) is 4.08. The molecule has 0 saturated heterocycles. The normalized spacial score (nSPS) is 26.2. The van der Waals surface area contributed by atoms with Gasteiger partial charge in [0.1, 0.15) is 5.75 Å². The summed E-state index contributed by atoms with van der Waals surface area (Å²) < 4.78 is 5.63.